The summed E-state index contributed by atoms with van der Waals surface area (Å²) in [6.45, 7) is 2.26. The maximum absolute atomic E-state index is 13.4. The SMILES string of the molecule is CN1CC2CC(F)(F)CC(C1)C2CCN. The van der Waals surface area contributed by atoms with Crippen molar-refractivity contribution in [2.75, 3.05) is 26.7 Å². The first-order valence-electron chi connectivity index (χ1n) is 5.78. The van der Waals surface area contributed by atoms with Gasteiger partial charge >= 0.3 is 0 Å². The van der Waals surface area contributed by atoms with E-state index in [9.17, 15) is 8.78 Å². The summed E-state index contributed by atoms with van der Waals surface area (Å²) in [5, 5.41) is 0. The number of rotatable bonds is 2. The fraction of sp³-hybridized carbons (Fsp3) is 1.00. The molecule has 2 bridgehead atoms. The average molecular weight is 218 g/mol. The van der Waals surface area contributed by atoms with Crippen LogP contribution >= 0.6 is 0 Å². The van der Waals surface area contributed by atoms with Gasteiger partial charge in [-0.3, -0.25) is 0 Å². The van der Waals surface area contributed by atoms with Crippen LogP contribution < -0.4 is 5.73 Å². The lowest BCUT2D eigenvalue weighted by Crippen LogP contribution is -2.52. The third-order valence-electron chi connectivity index (χ3n) is 3.93. The van der Waals surface area contributed by atoms with E-state index in [2.05, 4.69) is 4.90 Å². The van der Waals surface area contributed by atoms with Crippen molar-refractivity contribution in [1.82, 2.24) is 4.90 Å². The van der Waals surface area contributed by atoms with E-state index in [1.807, 2.05) is 7.05 Å². The molecule has 2 N–H and O–H groups in total. The van der Waals surface area contributed by atoms with Crippen molar-refractivity contribution in [2.45, 2.75) is 25.2 Å². The maximum atomic E-state index is 13.4. The Balaban J connectivity index is 2.10. The number of piperidine rings is 1. The zero-order valence-corrected chi connectivity index (χ0v) is 9.26. The summed E-state index contributed by atoms with van der Waals surface area (Å²) in [4.78, 5) is 2.19. The Hall–Kier alpha value is -0.220. The van der Waals surface area contributed by atoms with Gasteiger partial charge in [0.25, 0.3) is 0 Å². The zero-order chi connectivity index (χ0) is 11.1. The summed E-state index contributed by atoms with van der Waals surface area (Å²) in [6.07, 6.45) is 1.05. The van der Waals surface area contributed by atoms with Gasteiger partial charge in [0.05, 0.1) is 0 Å². The minimum atomic E-state index is -2.43. The van der Waals surface area contributed by atoms with Crippen molar-refractivity contribution >= 4 is 0 Å². The van der Waals surface area contributed by atoms with Crippen molar-refractivity contribution in [3.05, 3.63) is 0 Å². The molecule has 2 atom stereocenters. The minimum Gasteiger partial charge on any atom is -0.330 e. The monoisotopic (exact) mass is 218 g/mol. The largest absolute Gasteiger partial charge is 0.330 e. The van der Waals surface area contributed by atoms with Crippen LogP contribution in [0, 0.1) is 17.8 Å². The van der Waals surface area contributed by atoms with Crippen LogP contribution in [0.3, 0.4) is 0 Å². The molecule has 1 aliphatic heterocycles. The first-order valence-corrected chi connectivity index (χ1v) is 5.78. The van der Waals surface area contributed by atoms with Gasteiger partial charge in [-0.1, -0.05) is 0 Å². The average Bonchev–Trinajstić information content (AvgIpc) is 2.06. The Labute approximate surface area is 89.8 Å². The van der Waals surface area contributed by atoms with Gasteiger partial charge in [0, 0.05) is 25.9 Å². The second-order valence-electron chi connectivity index (χ2n) is 5.25. The number of fused-ring (bicyclic) bond motifs is 2. The number of hydrogen-bond acceptors (Lipinski definition) is 2. The molecule has 1 heterocycles. The van der Waals surface area contributed by atoms with Crippen molar-refractivity contribution in [2.24, 2.45) is 23.5 Å². The fourth-order valence-corrected chi connectivity index (χ4v) is 3.48. The summed E-state index contributed by atoms with van der Waals surface area (Å²) in [5.41, 5.74) is 5.56. The Morgan fingerprint density at radius 1 is 1.27 bits per heavy atom. The lowest BCUT2D eigenvalue weighted by Gasteiger charge is -2.48. The molecule has 1 saturated carbocycles. The van der Waals surface area contributed by atoms with E-state index in [4.69, 9.17) is 5.73 Å². The summed E-state index contributed by atoms with van der Waals surface area (Å²) >= 11 is 0. The highest BCUT2D eigenvalue weighted by Crippen LogP contribution is 2.47. The minimum absolute atomic E-state index is 0.0680. The molecule has 0 aromatic rings. The van der Waals surface area contributed by atoms with E-state index in [0.29, 0.717) is 12.5 Å². The first kappa shape index (κ1) is 11.3. The lowest BCUT2D eigenvalue weighted by molar-refractivity contribution is -0.122. The second kappa shape index (κ2) is 3.98. The third-order valence-corrected chi connectivity index (χ3v) is 3.93. The van der Waals surface area contributed by atoms with Crippen LogP contribution in [0.2, 0.25) is 0 Å². The van der Waals surface area contributed by atoms with Gasteiger partial charge in [0.1, 0.15) is 0 Å². The van der Waals surface area contributed by atoms with Crippen molar-refractivity contribution < 1.29 is 8.78 Å². The number of nitrogens with zero attached hydrogens (tertiary/aromatic N) is 1. The highest BCUT2D eigenvalue weighted by atomic mass is 19.3. The number of likely N-dealkylation sites (tertiary alicyclic amines) is 1. The summed E-state index contributed by atoms with van der Waals surface area (Å²) in [7, 11) is 2.03. The Morgan fingerprint density at radius 2 is 1.80 bits per heavy atom. The van der Waals surface area contributed by atoms with E-state index in [1.54, 1.807) is 0 Å². The molecule has 15 heavy (non-hydrogen) atoms. The van der Waals surface area contributed by atoms with E-state index < -0.39 is 5.92 Å². The molecule has 2 rings (SSSR count). The van der Waals surface area contributed by atoms with Crippen molar-refractivity contribution in [3.63, 3.8) is 0 Å². The van der Waals surface area contributed by atoms with Crippen LogP contribution in [0.1, 0.15) is 19.3 Å². The summed E-state index contributed by atoms with van der Waals surface area (Å²) in [5.74, 6) is -1.69. The van der Waals surface area contributed by atoms with Gasteiger partial charge in [-0.25, -0.2) is 8.78 Å². The van der Waals surface area contributed by atoms with Gasteiger partial charge < -0.3 is 10.6 Å². The van der Waals surface area contributed by atoms with Crippen LogP contribution in [-0.2, 0) is 0 Å². The number of alkyl halides is 2. The molecule has 0 aromatic heterocycles. The van der Waals surface area contributed by atoms with Gasteiger partial charge in [0.2, 0.25) is 5.92 Å². The normalized spacial score (nSPS) is 40.4. The molecule has 2 fully saturated rings. The van der Waals surface area contributed by atoms with Gasteiger partial charge in [-0.2, -0.15) is 0 Å². The van der Waals surface area contributed by atoms with Crippen LogP contribution in [0.4, 0.5) is 8.78 Å². The molecular weight excluding hydrogens is 198 g/mol. The molecule has 1 aliphatic carbocycles. The molecule has 1 saturated heterocycles. The smallest absolute Gasteiger partial charge is 0.248 e. The maximum Gasteiger partial charge on any atom is 0.248 e. The topological polar surface area (TPSA) is 29.3 Å². The summed E-state index contributed by atoms with van der Waals surface area (Å²) < 4.78 is 26.8. The first-order chi connectivity index (χ1) is 7.02. The molecule has 0 spiro atoms. The van der Waals surface area contributed by atoms with E-state index in [0.717, 1.165) is 19.5 Å². The van der Waals surface area contributed by atoms with Crippen LogP contribution in [-0.4, -0.2) is 37.5 Å². The summed E-state index contributed by atoms with van der Waals surface area (Å²) in [6, 6.07) is 0. The van der Waals surface area contributed by atoms with E-state index >= 15 is 0 Å². The molecular formula is C11H20F2N2. The highest BCUT2D eigenvalue weighted by molar-refractivity contribution is 4.95. The van der Waals surface area contributed by atoms with E-state index in [-0.39, 0.29) is 24.7 Å². The molecule has 0 radical (unpaired) electrons. The molecule has 88 valence electrons. The second-order valence-corrected chi connectivity index (χ2v) is 5.25. The molecule has 0 amide bonds. The van der Waals surface area contributed by atoms with Crippen LogP contribution in [0.25, 0.3) is 0 Å². The van der Waals surface area contributed by atoms with Gasteiger partial charge in [-0.15, -0.1) is 0 Å². The third kappa shape index (κ3) is 2.31. The highest BCUT2D eigenvalue weighted by Gasteiger charge is 2.49. The predicted octanol–water partition coefficient (Wildman–Crippen LogP) is 1.56. The fourth-order valence-electron chi connectivity index (χ4n) is 3.48. The quantitative estimate of drug-likeness (QED) is 0.762. The Kier molecular flexibility index (Phi) is 2.99. The van der Waals surface area contributed by atoms with Gasteiger partial charge in [0.15, 0.2) is 0 Å². The molecule has 2 unspecified atom stereocenters. The molecule has 4 heteroatoms. The molecule has 2 nitrogen and oxygen atoms in total. The van der Waals surface area contributed by atoms with Crippen LogP contribution in [0.5, 0.6) is 0 Å². The number of hydrogen-bond donors (Lipinski definition) is 1. The molecule has 2 aliphatic rings. The zero-order valence-electron chi connectivity index (χ0n) is 9.26. The van der Waals surface area contributed by atoms with Crippen LogP contribution in [0.15, 0.2) is 0 Å². The predicted molar refractivity (Wildman–Crippen MR) is 55.8 cm³/mol. The molecule has 0 aromatic carbocycles. The Bertz CT molecular complexity index is 215. The van der Waals surface area contributed by atoms with E-state index in [1.165, 1.54) is 0 Å². The van der Waals surface area contributed by atoms with Crippen molar-refractivity contribution in [3.8, 4) is 0 Å². The lowest BCUT2D eigenvalue weighted by atomic mass is 9.66. The van der Waals surface area contributed by atoms with Gasteiger partial charge in [-0.05, 0) is 37.8 Å². The number of halogens is 2. The van der Waals surface area contributed by atoms with Crippen molar-refractivity contribution in [1.29, 1.82) is 0 Å². The standard InChI is InChI=1S/C11H20F2N2/c1-15-6-8-4-11(12,13)5-9(7-15)10(8)2-3-14/h8-10H,2-7,14H2,1H3. The number of nitrogens with two attached hydrogens (primary N) is 1. The Morgan fingerprint density at radius 3 is 2.27 bits per heavy atom.